The van der Waals surface area contributed by atoms with Gasteiger partial charge in [-0.25, -0.2) is 15.2 Å². The van der Waals surface area contributed by atoms with Gasteiger partial charge in [-0.1, -0.05) is 27.7 Å². The number of rotatable bonds is 4. The summed E-state index contributed by atoms with van der Waals surface area (Å²) in [5, 5.41) is 0.540. The predicted octanol–water partition coefficient (Wildman–Crippen LogP) is 3.39. The largest absolute Gasteiger partial charge is 0.449 e. The van der Waals surface area contributed by atoms with E-state index in [1.807, 2.05) is 24.3 Å². The summed E-state index contributed by atoms with van der Waals surface area (Å²) in [4.78, 5) is 28.6. The fourth-order valence-electron chi connectivity index (χ4n) is 1.60. The Balaban J connectivity index is 2.09. The van der Waals surface area contributed by atoms with Gasteiger partial charge in [0.05, 0.1) is 12.2 Å². The molecule has 0 saturated heterocycles. The number of carbonyl (C=O) groups excluding carboxylic acids is 2. The van der Waals surface area contributed by atoms with Crippen LogP contribution in [0.25, 0.3) is 0 Å². The standard InChI is InChI=1S/C15H14BrN3O3S/c1-2-22-15(21)19-18-13(20)12-4-3-9-17-14(12)23-11-7-5-10(16)6-8-11/h3-9H,2H2,1H3,(H,18,20)(H,19,21). The molecule has 0 atom stereocenters. The molecule has 0 aliphatic rings. The second kappa shape index (κ2) is 8.54. The molecule has 23 heavy (non-hydrogen) atoms. The Kier molecular flexibility index (Phi) is 6.42. The quantitative estimate of drug-likeness (QED) is 0.775. The van der Waals surface area contributed by atoms with Crippen LogP contribution in [0.4, 0.5) is 4.79 Å². The fourth-order valence-corrected chi connectivity index (χ4v) is 2.75. The monoisotopic (exact) mass is 395 g/mol. The Hall–Kier alpha value is -2.06. The topological polar surface area (TPSA) is 80.3 Å². The minimum absolute atomic E-state index is 0.221. The lowest BCUT2D eigenvalue weighted by molar-refractivity contribution is 0.0909. The second-order valence-electron chi connectivity index (χ2n) is 4.21. The third kappa shape index (κ3) is 5.26. The summed E-state index contributed by atoms with van der Waals surface area (Å²) < 4.78 is 5.65. The van der Waals surface area contributed by atoms with Gasteiger partial charge < -0.3 is 4.74 Å². The third-order valence-corrected chi connectivity index (χ3v) is 4.15. The van der Waals surface area contributed by atoms with Gasteiger partial charge in [0.2, 0.25) is 0 Å². The Labute approximate surface area is 146 Å². The molecule has 1 aromatic heterocycles. The molecule has 0 bridgehead atoms. The van der Waals surface area contributed by atoms with Gasteiger partial charge in [0.25, 0.3) is 5.91 Å². The minimum atomic E-state index is -0.716. The van der Waals surface area contributed by atoms with Crippen molar-refractivity contribution in [3.8, 4) is 0 Å². The first kappa shape index (κ1) is 17.3. The van der Waals surface area contributed by atoms with Crippen molar-refractivity contribution in [3.05, 3.63) is 52.6 Å². The zero-order chi connectivity index (χ0) is 16.7. The molecule has 2 aromatic rings. The van der Waals surface area contributed by atoms with E-state index in [1.165, 1.54) is 11.8 Å². The van der Waals surface area contributed by atoms with Crippen LogP contribution in [0.5, 0.6) is 0 Å². The highest BCUT2D eigenvalue weighted by atomic mass is 79.9. The molecular weight excluding hydrogens is 382 g/mol. The van der Waals surface area contributed by atoms with Gasteiger partial charge in [-0.2, -0.15) is 0 Å². The molecule has 6 nitrogen and oxygen atoms in total. The lowest BCUT2D eigenvalue weighted by Crippen LogP contribution is -2.42. The van der Waals surface area contributed by atoms with E-state index in [0.29, 0.717) is 10.6 Å². The number of pyridine rings is 1. The summed E-state index contributed by atoms with van der Waals surface area (Å²) in [5.41, 5.74) is 4.83. The van der Waals surface area contributed by atoms with Crippen molar-refractivity contribution >= 4 is 39.7 Å². The van der Waals surface area contributed by atoms with E-state index in [9.17, 15) is 9.59 Å². The van der Waals surface area contributed by atoms with E-state index in [0.717, 1.165) is 9.37 Å². The summed E-state index contributed by atoms with van der Waals surface area (Å²) in [6.45, 7) is 1.90. The van der Waals surface area contributed by atoms with Crippen LogP contribution in [-0.4, -0.2) is 23.6 Å². The smallest absolute Gasteiger partial charge is 0.426 e. The Morgan fingerprint density at radius 1 is 1.22 bits per heavy atom. The van der Waals surface area contributed by atoms with E-state index >= 15 is 0 Å². The number of benzene rings is 1. The number of halogens is 1. The number of ether oxygens (including phenoxy) is 1. The van der Waals surface area contributed by atoms with Crippen LogP contribution in [0.3, 0.4) is 0 Å². The normalized spacial score (nSPS) is 10.0. The van der Waals surface area contributed by atoms with Gasteiger partial charge >= 0.3 is 6.09 Å². The summed E-state index contributed by atoms with van der Waals surface area (Å²) in [6, 6.07) is 11.0. The van der Waals surface area contributed by atoms with Gasteiger partial charge in [0, 0.05) is 15.6 Å². The molecule has 2 N–H and O–H groups in total. The number of hydrogen-bond acceptors (Lipinski definition) is 5. The Morgan fingerprint density at radius 3 is 2.65 bits per heavy atom. The molecule has 0 fully saturated rings. The molecule has 0 unspecified atom stereocenters. The molecule has 1 heterocycles. The van der Waals surface area contributed by atoms with Crippen molar-refractivity contribution in [2.24, 2.45) is 0 Å². The van der Waals surface area contributed by atoms with Crippen LogP contribution in [0.15, 0.2) is 57.0 Å². The highest BCUT2D eigenvalue weighted by Gasteiger charge is 2.14. The zero-order valence-electron chi connectivity index (χ0n) is 12.2. The Bertz CT molecular complexity index is 695. The van der Waals surface area contributed by atoms with E-state index in [2.05, 4.69) is 36.5 Å². The van der Waals surface area contributed by atoms with Crippen LogP contribution in [-0.2, 0) is 4.74 Å². The van der Waals surface area contributed by atoms with Gasteiger partial charge in [-0.3, -0.25) is 10.2 Å². The highest BCUT2D eigenvalue weighted by Crippen LogP contribution is 2.29. The van der Waals surface area contributed by atoms with Crippen molar-refractivity contribution in [2.45, 2.75) is 16.8 Å². The average molecular weight is 396 g/mol. The van der Waals surface area contributed by atoms with E-state index in [4.69, 9.17) is 0 Å². The first-order valence-electron chi connectivity index (χ1n) is 6.71. The first-order valence-corrected chi connectivity index (χ1v) is 8.32. The van der Waals surface area contributed by atoms with Crippen LogP contribution < -0.4 is 10.9 Å². The van der Waals surface area contributed by atoms with Gasteiger partial charge in [0.15, 0.2) is 0 Å². The lowest BCUT2D eigenvalue weighted by atomic mass is 10.3. The number of aromatic nitrogens is 1. The number of amides is 2. The third-order valence-electron chi connectivity index (χ3n) is 2.60. The maximum absolute atomic E-state index is 12.2. The molecule has 8 heteroatoms. The molecular formula is C15H14BrN3O3S. The molecule has 0 aliphatic heterocycles. The number of nitrogens with zero attached hydrogens (tertiary/aromatic N) is 1. The number of nitrogens with one attached hydrogen (secondary N) is 2. The van der Waals surface area contributed by atoms with Crippen molar-refractivity contribution in [1.82, 2.24) is 15.8 Å². The SMILES string of the molecule is CCOC(=O)NNC(=O)c1cccnc1Sc1ccc(Br)cc1. The van der Waals surface area contributed by atoms with Crippen molar-refractivity contribution < 1.29 is 14.3 Å². The number of hydrazine groups is 1. The molecule has 0 spiro atoms. The second-order valence-corrected chi connectivity index (χ2v) is 6.19. The van der Waals surface area contributed by atoms with Crippen molar-refractivity contribution in [2.75, 3.05) is 6.61 Å². The lowest BCUT2D eigenvalue weighted by Gasteiger charge is -2.10. The van der Waals surface area contributed by atoms with E-state index in [1.54, 1.807) is 25.3 Å². The van der Waals surface area contributed by atoms with Crippen LogP contribution in [0.2, 0.25) is 0 Å². The van der Waals surface area contributed by atoms with E-state index < -0.39 is 12.0 Å². The summed E-state index contributed by atoms with van der Waals surface area (Å²) in [7, 11) is 0. The van der Waals surface area contributed by atoms with Gasteiger partial charge in [0.1, 0.15) is 5.03 Å². The van der Waals surface area contributed by atoms with Crippen molar-refractivity contribution in [1.29, 1.82) is 0 Å². The van der Waals surface area contributed by atoms with Crippen LogP contribution >= 0.6 is 27.7 Å². The predicted molar refractivity (Wildman–Crippen MR) is 90.1 cm³/mol. The first-order chi connectivity index (χ1) is 11.1. The maximum Gasteiger partial charge on any atom is 0.426 e. The highest BCUT2D eigenvalue weighted by molar-refractivity contribution is 9.10. The molecule has 120 valence electrons. The average Bonchev–Trinajstić information content (AvgIpc) is 2.55. The van der Waals surface area contributed by atoms with Crippen molar-refractivity contribution in [3.63, 3.8) is 0 Å². The van der Waals surface area contributed by atoms with Gasteiger partial charge in [-0.05, 0) is 43.3 Å². The summed E-state index contributed by atoms with van der Waals surface area (Å²) >= 11 is 4.73. The molecule has 2 rings (SSSR count). The zero-order valence-corrected chi connectivity index (χ0v) is 14.6. The van der Waals surface area contributed by atoms with Crippen LogP contribution in [0.1, 0.15) is 17.3 Å². The number of hydrogen-bond donors (Lipinski definition) is 2. The molecule has 2 amide bonds. The summed E-state index contributed by atoms with van der Waals surface area (Å²) in [6.07, 6.45) is 0.892. The fraction of sp³-hybridized carbons (Fsp3) is 0.133. The Morgan fingerprint density at radius 2 is 1.96 bits per heavy atom. The molecule has 1 aromatic carbocycles. The maximum atomic E-state index is 12.2. The van der Waals surface area contributed by atoms with Crippen LogP contribution in [0, 0.1) is 0 Å². The summed E-state index contributed by atoms with van der Waals surface area (Å²) in [5.74, 6) is -0.467. The molecule has 0 aliphatic carbocycles. The molecule has 0 radical (unpaired) electrons. The van der Waals surface area contributed by atoms with E-state index in [-0.39, 0.29) is 6.61 Å². The van der Waals surface area contributed by atoms with Gasteiger partial charge in [-0.15, -0.1) is 0 Å². The molecule has 0 saturated carbocycles. The minimum Gasteiger partial charge on any atom is -0.449 e. The number of carbonyl (C=O) groups is 2.